The van der Waals surface area contributed by atoms with Gasteiger partial charge < -0.3 is 25.3 Å². The zero-order chi connectivity index (χ0) is 14.4. The van der Waals surface area contributed by atoms with Crippen molar-refractivity contribution in [1.82, 2.24) is 0 Å². The van der Waals surface area contributed by atoms with Crippen LogP contribution in [0.5, 0.6) is 11.5 Å². The first-order chi connectivity index (χ1) is 9.03. The van der Waals surface area contributed by atoms with Crippen molar-refractivity contribution < 1.29 is 19.0 Å². The van der Waals surface area contributed by atoms with Crippen molar-refractivity contribution in [2.24, 2.45) is 5.73 Å². The van der Waals surface area contributed by atoms with Crippen LogP contribution in [0.3, 0.4) is 0 Å². The molecule has 106 valence electrons. The SMILES string of the molecule is COCC(N)C(=O)Nc1cc(OC)c(Cl)cc1OC. The molecule has 0 aromatic heterocycles. The number of carbonyl (C=O) groups excluding carboxylic acids is 1. The van der Waals surface area contributed by atoms with E-state index in [4.69, 9.17) is 31.5 Å². The minimum atomic E-state index is -0.767. The number of ether oxygens (including phenoxy) is 3. The van der Waals surface area contributed by atoms with Crippen LogP contribution in [0, 0.1) is 0 Å². The summed E-state index contributed by atoms with van der Waals surface area (Å²) < 4.78 is 15.0. The Morgan fingerprint density at radius 3 is 2.47 bits per heavy atom. The average Bonchev–Trinajstić information content (AvgIpc) is 2.40. The van der Waals surface area contributed by atoms with Gasteiger partial charge in [0.25, 0.3) is 0 Å². The van der Waals surface area contributed by atoms with Crippen LogP contribution < -0.4 is 20.5 Å². The van der Waals surface area contributed by atoms with Gasteiger partial charge in [-0.05, 0) is 0 Å². The van der Waals surface area contributed by atoms with Crippen LogP contribution >= 0.6 is 11.6 Å². The predicted octanol–water partition coefficient (Wildman–Crippen LogP) is 1.27. The molecule has 1 aromatic carbocycles. The fourth-order valence-electron chi connectivity index (χ4n) is 1.44. The lowest BCUT2D eigenvalue weighted by molar-refractivity contribution is -0.118. The molecule has 6 nitrogen and oxygen atoms in total. The minimum Gasteiger partial charge on any atom is -0.495 e. The number of rotatable bonds is 6. The number of nitrogens with two attached hydrogens (primary N) is 1. The molecule has 19 heavy (non-hydrogen) atoms. The number of halogens is 1. The first-order valence-corrected chi connectivity index (χ1v) is 5.88. The summed E-state index contributed by atoms with van der Waals surface area (Å²) in [6.07, 6.45) is 0. The molecule has 3 N–H and O–H groups in total. The van der Waals surface area contributed by atoms with Crippen molar-refractivity contribution in [3.8, 4) is 11.5 Å². The maximum atomic E-state index is 11.8. The molecule has 0 aliphatic carbocycles. The molecule has 0 bridgehead atoms. The largest absolute Gasteiger partial charge is 0.495 e. The minimum absolute atomic E-state index is 0.124. The third kappa shape index (κ3) is 3.99. The lowest BCUT2D eigenvalue weighted by Crippen LogP contribution is -2.39. The Kier molecular flexibility index (Phi) is 5.88. The van der Waals surface area contributed by atoms with E-state index >= 15 is 0 Å². The molecule has 7 heteroatoms. The second kappa shape index (κ2) is 7.18. The van der Waals surface area contributed by atoms with E-state index in [9.17, 15) is 4.79 Å². The zero-order valence-electron chi connectivity index (χ0n) is 11.0. The van der Waals surface area contributed by atoms with Gasteiger partial charge in [-0.2, -0.15) is 0 Å². The number of anilines is 1. The number of carbonyl (C=O) groups is 1. The van der Waals surface area contributed by atoms with Gasteiger partial charge in [-0.25, -0.2) is 0 Å². The number of methoxy groups -OCH3 is 3. The van der Waals surface area contributed by atoms with Gasteiger partial charge in [0.05, 0.1) is 31.5 Å². The highest BCUT2D eigenvalue weighted by atomic mass is 35.5. The number of amides is 1. The highest BCUT2D eigenvalue weighted by Crippen LogP contribution is 2.35. The summed E-state index contributed by atoms with van der Waals surface area (Å²) >= 11 is 5.97. The van der Waals surface area contributed by atoms with Crippen molar-refractivity contribution in [2.75, 3.05) is 33.3 Å². The van der Waals surface area contributed by atoms with E-state index in [1.807, 2.05) is 0 Å². The Labute approximate surface area is 116 Å². The molecule has 0 heterocycles. The summed E-state index contributed by atoms with van der Waals surface area (Å²) in [6, 6.07) is 2.35. The van der Waals surface area contributed by atoms with Crippen LogP contribution in [0.15, 0.2) is 12.1 Å². The van der Waals surface area contributed by atoms with E-state index < -0.39 is 6.04 Å². The summed E-state index contributed by atoms with van der Waals surface area (Å²) in [5.74, 6) is 0.464. The van der Waals surface area contributed by atoms with Gasteiger partial charge in [-0.15, -0.1) is 0 Å². The van der Waals surface area contributed by atoms with Crippen molar-refractivity contribution in [1.29, 1.82) is 0 Å². The quantitative estimate of drug-likeness (QED) is 0.824. The van der Waals surface area contributed by atoms with Gasteiger partial charge in [-0.3, -0.25) is 4.79 Å². The molecule has 1 amide bonds. The van der Waals surface area contributed by atoms with Crippen LogP contribution in [0.2, 0.25) is 5.02 Å². The third-order valence-corrected chi connectivity index (χ3v) is 2.71. The summed E-state index contributed by atoms with van der Waals surface area (Å²) in [4.78, 5) is 11.8. The molecule has 0 radical (unpaired) electrons. The van der Waals surface area contributed by atoms with Crippen LogP contribution in [0.25, 0.3) is 0 Å². The zero-order valence-corrected chi connectivity index (χ0v) is 11.8. The first kappa shape index (κ1) is 15.6. The van der Waals surface area contributed by atoms with Gasteiger partial charge in [-0.1, -0.05) is 11.6 Å². The molecule has 1 aromatic rings. The van der Waals surface area contributed by atoms with Crippen LogP contribution in [0.4, 0.5) is 5.69 Å². The number of nitrogens with one attached hydrogen (secondary N) is 1. The Morgan fingerprint density at radius 2 is 1.95 bits per heavy atom. The summed E-state index contributed by atoms with van der Waals surface area (Å²) in [5, 5.41) is 3.03. The fraction of sp³-hybridized carbons (Fsp3) is 0.417. The van der Waals surface area contributed by atoms with Gasteiger partial charge in [0.15, 0.2) is 0 Å². The van der Waals surface area contributed by atoms with Crippen molar-refractivity contribution in [2.45, 2.75) is 6.04 Å². The van der Waals surface area contributed by atoms with E-state index in [2.05, 4.69) is 5.32 Å². The summed E-state index contributed by atoms with van der Waals surface area (Å²) in [7, 11) is 4.43. The second-order valence-electron chi connectivity index (χ2n) is 3.74. The lowest BCUT2D eigenvalue weighted by Gasteiger charge is -2.15. The highest BCUT2D eigenvalue weighted by Gasteiger charge is 2.17. The maximum absolute atomic E-state index is 11.8. The summed E-state index contributed by atoms with van der Waals surface area (Å²) in [5.41, 5.74) is 6.06. The average molecular weight is 289 g/mol. The van der Waals surface area contributed by atoms with Crippen molar-refractivity contribution in [3.05, 3.63) is 17.2 Å². The van der Waals surface area contributed by atoms with Crippen molar-refractivity contribution in [3.63, 3.8) is 0 Å². The smallest absolute Gasteiger partial charge is 0.243 e. The number of benzene rings is 1. The Morgan fingerprint density at radius 1 is 1.32 bits per heavy atom. The molecule has 0 saturated carbocycles. The molecule has 1 unspecified atom stereocenters. The van der Waals surface area contributed by atoms with Gasteiger partial charge in [0.1, 0.15) is 17.5 Å². The molecule has 0 aliphatic heterocycles. The van der Waals surface area contributed by atoms with Crippen molar-refractivity contribution >= 4 is 23.2 Å². The highest BCUT2D eigenvalue weighted by molar-refractivity contribution is 6.32. The Bertz CT molecular complexity index is 454. The predicted molar refractivity (Wildman–Crippen MR) is 73.0 cm³/mol. The maximum Gasteiger partial charge on any atom is 0.243 e. The van der Waals surface area contributed by atoms with E-state index in [1.165, 1.54) is 21.3 Å². The number of hydrogen-bond donors (Lipinski definition) is 2. The summed E-state index contributed by atoms with van der Waals surface area (Å²) in [6.45, 7) is 0.124. The standard InChI is InChI=1S/C12H17ClN2O4/c1-17-6-8(14)12(16)15-9-5-10(18-2)7(13)4-11(9)19-3/h4-5,8H,6,14H2,1-3H3,(H,15,16). The molecule has 0 spiro atoms. The monoisotopic (exact) mass is 288 g/mol. The molecule has 0 aliphatic rings. The molecule has 0 fully saturated rings. The Balaban J connectivity index is 2.96. The first-order valence-electron chi connectivity index (χ1n) is 5.50. The van der Waals surface area contributed by atoms with Crippen LogP contribution in [-0.4, -0.2) is 39.9 Å². The van der Waals surface area contributed by atoms with E-state index in [0.29, 0.717) is 22.2 Å². The van der Waals surface area contributed by atoms with E-state index in [-0.39, 0.29) is 12.5 Å². The van der Waals surface area contributed by atoms with Crippen LogP contribution in [0.1, 0.15) is 0 Å². The second-order valence-corrected chi connectivity index (χ2v) is 4.15. The normalized spacial score (nSPS) is 11.8. The topological polar surface area (TPSA) is 82.8 Å². The number of hydrogen-bond acceptors (Lipinski definition) is 5. The van der Waals surface area contributed by atoms with E-state index in [1.54, 1.807) is 12.1 Å². The molecular weight excluding hydrogens is 272 g/mol. The van der Waals surface area contributed by atoms with Crippen LogP contribution in [-0.2, 0) is 9.53 Å². The van der Waals surface area contributed by atoms with Gasteiger partial charge in [0, 0.05) is 19.2 Å². The Hall–Kier alpha value is -1.50. The third-order valence-electron chi connectivity index (χ3n) is 2.41. The molecule has 1 rings (SSSR count). The lowest BCUT2D eigenvalue weighted by atomic mass is 10.2. The molecule has 0 saturated heterocycles. The fourth-order valence-corrected chi connectivity index (χ4v) is 1.67. The van der Waals surface area contributed by atoms with Gasteiger partial charge in [0.2, 0.25) is 5.91 Å². The van der Waals surface area contributed by atoms with E-state index in [0.717, 1.165) is 0 Å². The van der Waals surface area contributed by atoms with Gasteiger partial charge >= 0.3 is 0 Å². The molecule has 1 atom stereocenters. The molecular formula is C12H17ClN2O4.